The molecule has 3 nitrogen and oxygen atoms in total. The lowest BCUT2D eigenvalue weighted by atomic mass is 10.0. The first-order valence-corrected chi connectivity index (χ1v) is 7.95. The molecule has 1 amide bonds. The molecule has 3 aromatic carbocycles. The van der Waals surface area contributed by atoms with Crippen LogP contribution in [0.2, 0.25) is 0 Å². The van der Waals surface area contributed by atoms with E-state index in [0.717, 1.165) is 11.4 Å². The van der Waals surface area contributed by atoms with Crippen LogP contribution in [0.15, 0.2) is 66.7 Å². The van der Waals surface area contributed by atoms with E-state index < -0.39 is 0 Å². The van der Waals surface area contributed by atoms with E-state index in [1.54, 1.807) is 12.1 Å². The fourth-order valence-corrected chi connectivity index (χ4v) is 2.88. The summed E-state index contributed by atoms with van der Waals surface area (Å²) in [6.07, 6.45) is 0. The Hall–Kier alpha value is -2.72. The van der Waals surface area contributed by atoms with Crippen LogP contribution in [0, 0.1) is 5.82 Å². The van der Waals surface area contributed by atoms with Crippen molar-refractivity contribution in [1.82, 2.24) is 0 Å². The van der Waals surface area contributed by atoms with Crippen molar-refractivity contribution in [3.63, 3.8) is 0 Å². The van der Waals surface area contributed by atoms with Gasteiger partial charge in [-0.25, -0.2) is 4.39 Å². The van der Waals surface area contributed by atoms with Gasteiger partial charge >= 0.3 is 0 Å². The quantitative estimate of drug-likeness (QED) is 0.743. The van der Waals surface area contributed by atoms with Crippen LogP contribution in [0.5, 0.6) is 0 Å². The highest BCUT2D eigenvalue weighted by molar-refractivity contribution is 5.91. The maximum Gasteiger partial charge on any atom is 0.279 e. The summed E-state index contributed by atoms with van der Waals surface area (Å²) in [5.41, 5.74) is 1.70. The summed E-state index contributed by atoms with van der Waals surface area (Å²) in [5, 5.41) is 5.15. The third-order valence-electron chi connectivity index (χ3n) is 3.94. The van der Waals surface area contributed by atoms with Crippen LogP contribution in [-0.2, 0) is 11.3 Å². The molecule has 0 aromatic heterocycles. The second-order valence-electron chi connectivity index (χ2n) is 6.01. The summed E-state index contributed by atoms with van der Waals surface area (Å²) in [6, 6.07) is 20.4. The Kier molecular flexibility index (Phi) is 4.87. The number of nitrogens with one attached hydrogen (secondary N) is 2. The van der Waals surface area contributed by atoms with E-state index in [1.165, 1.54) is 28.5 Å². The van der Waals surface area contributed by atoms with Crippen molar-refractivity contribution in [1.29, 1.82) is 0 Å². The normalized spacial score (nSPS) is 12.1. The summed E-state index contributed by atoms with van der Waals surface area (Å²) >= 11 is 0. The van der Waals surface area contributed by atoms with Crippen molar-refractivity contribution in [3.05, 3.63) is 78.1 Å². The number of quaternary nitrogens is 1. The van der Waals surface area contributed by atoms with Gasteiger partial charge in [-0.2, -0.15) is 0 Å². The zero-order valence-corrected chi connectivity index (χ0v) is 13.6. The van der Waals surface area contributed by atoms with Crippen LogP contribution in [0.4, 0.5) is 10.1 Å². The van der Waals surface area contributed by atoms with Crippen molar-refractivity contribution in [2.75, 3.05) is 18.9 Å². The van der Waals surface area contributed by atoms with Crippen molar-refractivity contribution < 1.29 is 14.1 Å². The number of hydrogen-bond donors (Lipinski definition) is 2. The van der Waals surface area contributed by atoms with Gasteiger partial charge in [0.25, 0.3) is 5.91 Å². The molecule has 122 valence electrons. The van der Waals surface area contributed by atoms with Gasteiger partial charge in [-0.05, 0) is 29.0 Å². The monoisotopic (exact) mass is 323 g/mol. The first kappa shape index (κ1) is 16.1. The molecule has 0 saturated carbocycles. The van der Waals surface area contributed by atoms with E-state index in [2.05, 4.69) is 29.6 Å². The molecule has 0 heterocycles. The van der Waals surface area contributed by atoms with Gasteiger partial charge < -0.3 is 10.2 Å². The minimum atomic E-state index is -0.357. The lowest BCUT2D eigenvalue weighted by Gasteiger charge is -2.15. The van der Waals surface area contributed by atoms with Gasteiger partial charge in [-0.3, -0.25) is 4.79 Å². The lowest BCUT2D eigenvalue weighted by Crippen LogP contribution is -3.08. The minimum Gasteiger partial charge on any atom is -0.326 e. The van der Waals surface area contributed by atoms with Gasteiger partial charge in [0.15, 0.2) is 6.54 Å². The zero-order chi connectivity index (χ0) is 16.9. The molecular weight excluding hydrogens is 303 g/mol. The fraction of sp³-hybridized carbons (Fsp3) is 0.150. The van der Waals surface area contributed by atoms with E-state index in [-0.39, 0.29) is 11.7 Å². The number of likely N-dealkylation sites (N-methyl/N-ethyl adjacent to an activating group) is 1. The molecule has 3 aromatic rings. The number of fused-ring (bicyclic) bond motifs is 1. The van der Waals surface area contributed by atoms with Gasteiger partial charge in [0.1, 0.15) is 12.4 Å². The van der Waals surface area contributed by atoms with Gasteiger partial charge in [0.2, 0.25) is 0 Å². The number of rotatable bonds is 5. The van der Waals surface area contributed by atoms with Gasteiger partial charge in [-0.1, -0.05) is 48.5 Å². The van der Waals surface area contributed by atoms with Crippen LogP contribution < -0.4 is 10.2 Å². The van der Waals surface area contributed by atoms with Crippen molar-refractivity contribution in [2.24, 2.45) is 0 Å². The third kappa shape index (κ3) is 3.97. The number of benzene rings is 3. The van der Waals surface area contributed by atoms with Gasteiger partial charge in [-0.15, -0.1) is 0 Å². The van der Waals surface area contributed by atoms with Crippen LogP contribution in [0.25, 0.3) is 10.8 Å². The van der Waals surface area contributed by atoms with Gasteiger partial charge in [0, 0.05) is 11.3 Å². The molecule has 0 spiro atoms. The Labute approximate surface area is 140 Å². The molecule has 0 aliphatic heterocycles. The first-order valence-electron chi connectivity index (χ1n) is 7.95. The molecule has 0 aliphatic carbocycles. The Balaban J connectivity index is 1.64. The largest absolute Gasteiger partial charge is 0.326 e. The molecule has 0 bridgehead atoms. The molecule has 0 fully saturated rings. The van der Waals surface area contributed by atoms with E-state index in [0.29, 0.717) is 12.2 Å². The standard InChI is InChI=1S/C20H19FN2O/c1-23(14-20(24)22-18-10-5-9-17(21)12-18)13-16-8-4-7-15-6-2-3-11-19(15)16/h2-12H,13-14H2,1H3,(H,22,24)/p+1. The molecule has 1 atom stereocenters. The summed E-state index contributed by atoms with van der Waals surface area (Å²) in [4.78, 5) is 13.2. The minimum absolute atomic E-state index is 0.127. The molecule has 3 rings (SSSR count). The van der Waals surface area contributed by atoms with E-state index >= 15 is 0 Å². The number of anilines is 1. The van der Waals surface area contributed by atoms with Crippen molar-refractivity contribution in [2.45, 2.75) is 6.54 Å². The number of hydrogen-bond acceptors (Lipinski definition) is 1. The Morgan fingerprint density at radius 3 is 2.62 bits per heavy atom. The summed E-state index contributed by atoms with van der Waals surface area (Å²) < 4.78 is 13.2. The average molecular weight is 323 g/mol. The van der Waals surface area contributed by atoms with Crippen LogP contribution >= 0.6 is 0 Å². The molecule has 0 aliphatic rings. The molecule has 0 saturated heterocycles. The van der Waals surface area contributed by atoms with Crippen LogP contribution in [0.1, 0.15) is 5.56 Å². The first-order chi connectivity index (χ1) is 11.6. The third-order valence-corrected chi connectivity index (χ3v) is 3.94. The number of carbonyl (C=O) groups is 1. The number of amides is 1. The highest BCUT2D eigenvalue weighted by Gasteiger charge is 2.12. The van der Waals surface area contributed by atoms with Crippen LogP contribution in [0.3, 0.4) is 0 Å². The molecule has 4 heteroatoms. The summed E-state index contributed by atoms with van der Waals surface area (Å²) in [7, 11) is 1.98. The topological polar surface area (TPSA) is 33.5 Å². The molecular formula is C20H20FN2O+. The van der Waals surface area contributed by atoms with Crippen molar-refractivity contribution in [3.8, 4) is 0 Å². The highest BCUT2D eigenvalue weighted by atomic mass is 19.1. The summed E-state index contributed by atoms with van der Waals surface area (Å²) in [5.74, 6) is -0.484. The second-order valence-corrected chi connectivity index (χ2v) is 6.01. The Bertz CT molecular complexity index is 858. The molecule has 1 unspecified atom stereocenters. The fourth-order valence-electron chi connectivity index (χ4n) is 2.88. The predicted octanol–water partition coefficient (Wildman–Crippen LogP) is 2.63. The van der Waals surface area contributed by atoms with E-state index in [1.807, 2.05) is 25.2 Å². The average Bonchev–Trinajstić information content (AvgIpc) is 2.55. The van der Waals surface area contributed by atoms with E-state index in [4.69, 9.17) is 0 Å². The Morgan fingerprint density at radius 2 is 1.79 bits per heavy atom. The molecule has 0 radical (unpaired) electrons. The lowest BCUT2D eigenvalue weighted by molar-refractivity contribution is -0.885. The number of carbonyl (C=O) groups excluding carboxylic acids is 1. The van der Waals surface area contributed by atoms with Crippen molar-refractivity contribution >= 4 is 22.4 Å². The predicted molar refractivity (Wildman–Crippen MR) is 94.4 cm³/mol. The smallest absolute Gasteiger partial charge is 0.279 e. The zero-order valence-electron chi connectivity index (χ0n) is 13.6. The van der Waals surface area contributed by atoms with Crippen LogP contribution in [-0.4, -0.2) is 19.5 Å². The molecule has 2 N–H and O–H groups in total. The number of halogens is 1. The second kappa shape index (κ2) is 7.23. The maximum atomic E-state index is 13.2. The van der Waals surface area contributed by atoms with E-state index in [9.17, 15) is 9.18 Å². The summed E-state index contributed by atoms with van der Waals surface area (Å²) in [6.45, 7) is 1.07. The van der Waals surface area contributed by atoms with Gasteiger partial charge in [0.05, 0.1) is 7.05 Å². The maximum absolute atomic E-state index is 13.2. The SMILES string of the molecule is C[NH+](CC(=O)Nc1cccc(F)c1)Cc1cccc2ccccc12. The Morgan fingerprint density at radius 1 is 1.04 bits per heavy atom. The highest BCUT2D eigenvalue weighted by Crippen LogP contribution is 2.17. The molecule has 24 heavy (non-hydrogen) atoms.